The highest BCUT2D eigenvalue weighted by atomic mass is 19.1. The summed E-state index contributed by atoms with van der Waals surface area (Å²) in [6.07, 6.45) is 0. The number of aromatic nitrogens is 3. The average molecular weight is 370 g/mol. The Bertz CT molecular complexity index is 1020. The molecule has 0 aliphatic rings. The van der Waals surface area contributed by atoms with Crippen molar-refractivity contribution in [3.63, 3.8) is 0 Å². The molecule has 1 N–H and O–H groups in total. The molecule has 0 bridgehead atoms. The van der Waals surface area contributed by atoms with Crippen LogP contribution in [0.15, 0.2) is 51.8 Å². The van der Waals surface area contributed by atoms with Gasteiger partial charge < -0.3 is 9.84 Å². The largest absolute Gasteiger partial charge is 0.332 e. The van der Waals surface area contributed by atoms with Gasteiger partial charge in [0.05, 0.1) is 0 Å². The molecule has 1 aromatic carbocycles. The minimum absolute atomic E-state index is 0.159. The normalized spacial score (nSPS) is 11.4. The summed E-state index contributed by atoms with van der Waals surface area (Å²) in [5.74, 6) is -0.185. The Kier molecular flexibility index (Phi) is 4.89. The number of benzene rings is 1. The predicted octanol–water partition coefficient (Wildman–Crippen LogP) is 2.97. The average Bonchev–Trinajstić information content (AvgIpc) is 3.09. The highest BCUT2D eigenvalue weighted by molar-refractivity contribution is 5.90. The SMILES string of the molecule is CC(C)(C)c1noc(-c2cccc(=O)n2CC(=O)Nc2ccc(F)cc2)n1. The summed E-state index contributed by atoms with van der Waals surface area (Å²) in [4.78, 5) is 29.0. The van der Waals surface area contributed by atoms with Crippen LogP contribution in [0.3, 0.4) is 0 Å². The maximum Gasteiger partial charge on any atom is 0.274 e. The van der Waals surface area contributed by atoms with Gasteiger partial charge in [-0.05, 0) is 30.3 Å². The third kappa shape index (κ3) is 4.28. The summed E-state index contributed by atoms with van der Waals surface area (Å²) >= 11 is 0. The predicted molar refractivity (Wildman–Crippen MR) is 97.7 cm³/mol. The maximum absolute atomic E-state index is 13.0. The highest BCUT2D eigenvalue weighted by Gasteiger charge is 2.23. The topological polar surface area (TPSA) is 90.0 Å². The lowest BCUT2D eigenvalue weighted by atomic mass is 9.96. The second kappa shape index (κ2) is 7.14. The lowest BCUT2D eigenvalue weighted by Crippen LogP contribution is -2.28. The minimum Gasteiger partial charge on any atom is -0.332 e. The molecule has 0 saturated heterocycles. The second-order valence-corrected chi connectivity index (χ2v) is 7.06. The first-order chi connectivity index (χ1) is 12.7. The number of nitrogens with one attached hydrogen (secondary N) is 1. The van der Waals surface area contributed by atoms with E-state index in [1.54, 1.807) is 12.1 Å². The lowest BCUT2D eigenvalue weighted by molar-refractivity contribution is -0.116. The van der Waals surface area contributed by atoms with Gasteiger partial charge in [0.1, 0.15) is 18.1 Å². The summed E-state index contributed by atoms with van der Waals surface area (Å²) in [5, 5.41) is 6.57. The number of rotatable bonds is 4. The molecule has 1 amide bonds. The Morgan fingerprint density at radius 1 is 1.19 bits per heavy atom. The van der Waals surface area contributed by atoms with Crippen LogP contribution in [-0.2, 0) is 16.8 Å². The zero-order valence-corrected chi connectivity index (χ0v) is 15.2. The van der Waals surface area contributed by atoms with Crippen LogP contribution in [0.1, 0.15) is 26.6 Å². The van der Waals surface area contributed by atoms with Gasteiger partial charge >= 0.3 is 0 Å². The number of carbonyl (C=O) groups excluding carboxylic acids is 1. The molecule has 0 spiro atoms. The number of nitrogens with zero attached hydrogens (tertiary/aromatic N) is 3. The molecule has 8 heteroatoms. The van der Waals surface area contributed by atoms with E-state index in [9.17, 15) is 14.0 Å². The number of amides is 1. The quantitative estimate of drug-likeness (QED) is 0.762. The van der Waals surface area contributed by atoms with Crippen LogP contribution >= 0.6 is 0 Å². The molecule has 2 aromatic heterocycles. The first-order valence-corrected chi connectivity index (χ1v) is 8.34. The van der Waals surface area contributed by atoms with Crippen LogP contribution in [0.2, 0.25) is 0 Å². The summed E-state index contributed by atoms with van der Waals surface area (Å²) in [7, 11) is 0. The summed E-state index contributed by atoms with van der Waals surface area (Å²) in [5.41, 5.74) is 0.0819. The molecule has 2 heterocycles. The molecule has 0 atom stereocenters. The van der Waals surface area contributed by atoms with Crippen molar-refractivity contribution in [3.05, 3.63) is 64.5 Å². The molecule has 0 saturated carbocycles. The number of pyridine rings is 1. The summed E-state index contributed by atoms with van der Waals surface area (Å²) < 4.78 is 19.5. The van der Waals surface area contributed by atoms with Crippen LogP contribution in [0.4, 0.5) is 10.1 Å². The van der Waals surface area contributed by atoms with E-state index in [1.165, 1.54) is 34.9 Å². The van der Waals surface area contributed by atoms with Crippen molar-refractivity contribution in [1.82, 2.24) is 14.7 Å². The van der Waals surface area contributed by atoms with E-state index in [1.807, 2.05) is 20.8 Å². The van der Waals surface area contributed by atoms with Crippen molar-refractivity contribution < 1.29 is 13.7 Å². The van der Waals surface area contributed by atoms with E-state index in [-0.39, 0.29) is 23.4 Å². The molecule has 7 nitrogen and oxygen atoms in total. The van der Waals surface area contributed by atoms with E-state index >= 15 is 0 Å². The van der Waals surface area contributed by atoms with Gasteiger partial charge in [-0.25, -0.2) is 4.39 Å². The van der Waals surface area contributed by atoms with Gasteiger partial charge in [-0.3, -0.25) is 14.2 Å². The van der Waals surface area contributed by atoms with Crippen LogP contribution in [0, 0.1) is 5.82 Å². The van der Waals surface area contributed by atoms with E-state index in [0.717, 1.165) is 0 Å². The van der Waals surface area contributed by atoms with E-state index < -0.39 is 11.7 Å². The smallest absolute Gasteiger partial charge is 0.274 e. The molecular formula is C19H19FN4O3. The Morgan fingerprint density at radius 3 is 2.52 bits per heavy atom. The van der Waals surface area contributed by atoms with Crippen molar-refractivity contribution in [2.24, 2.45) is 0 Å². The fourth-order valence-corrected chi connectivity index (χ4v) is 2.38. The van der Waals surface area contributed by atoms with Crippen molar-refractivity contribution in [2.45, 2.75) is 32.7 Å². The molecule has 0 unspecified atom stereocenters. The summed E-state index contributed by atoms with van der Waals surface area (Å²) in [6, 6.07) is 9.89. The van der Waals surface area contributed by atoms with Gasteiger partial charge in [0.25, 0.3) is 11.4 Å². The third-order valence-electron chi connectivity index (χ3n) is 3.80. The Labute approximate surface area is 154 Å². The number of carbonyl (C=O) groups is 1. The molecular weight excluding hydrogens is 351 g/mol. The lowest BCUT2D eigenvalue weighted by Gasteiger charge is -2.11. The highest BCUT2D eigenvalue weighted by Crippen LogP contribution is 2.23. The molecule has 140 valence electrons. The molecule has 27 heavy (non-hydrogen) atoms. The molecule has 3 aromatic rings. The van der Waals surface area contributed by atoms with Crippen LogP contribution < -0.4 is 10.9 Å². The fourth-order valence-electron chi connectivity index (χ4n) is 2.38. The monoisotopic (exact) mass is 370 g/mol. The Balaban J connectivity index is 1.87. The number of hydrogen-bond donors (Lipinski definition) is 1. The third-order valence-corrected chi connectivity index (χ3v) is 3.80. The Morgan fingerprint density at radius 2 is 1.89 bits per heavy atom. The van der Waals surface area contributed by atoms with Crippen LogP contribution in [0.5, 0.6) is 0 Å². The van der Waals surface area contributed by atoms with Gasteiger partial charge in [0.15, 0.2) is 5.82 Å². The van der Waals surface area contributed by atoms with Crippen LogP contribution in [0.25, 0.3) is 11.6 Å². The Hall–Kier alpha value is -3.29. The van der Waals surface area contributed by atoms with E-state index in [2.05, 4.69) is 15.5 Å². The zero-order valence-electron chi connectivity index (χ0n) is 15.2. The van der Waals surface area contributed by atoms with Gasteiger partial charge in [0, 0.05) is 17.2 Å². The van der Waals surface area contributed by atoms with E-state index in [0.29, 0.717) is 17.2 Å². The number of halogens is 1. The standard InChI is InChI=1S/C19H19FN4O3/c1-19(2,3)18-22-17(27-23-18)14-5-4-6-16(26)24(14)11-15(25)21-13-9-7-12(20)8-10-13/h4-10H,11H2,1-3H3,(H,21,25). The molecule has 3 rings (SSSR count). The molecule has 0 aliphatic heterocycles. The van der Waals surface area contributed by atoms with Gasteiger partial charge in [-0.2, -0.15) is 4.98 Å². The first-order valence-electron chi connectivity index (χ1n) is 8.34. The van der Waals surface area contributed by atoms with Crippen molar-refractivity contribution in [3.8, 4) is 11.6 Å². The molecule has 0 fully saturated rings. The molecule has 0 aliphatic carbocycles. The minimum atomic E-state index is -0.438. The molecule has 0 radical (unpaired) electrons. The van der Waals surface area contributed by atoms with Crippen molar-refractivity contribution in [1.29, 1.82) is 0 Å². The van der Waals surface area contributed by atoms with Crippen molar-refractivity contribution in [2.75, 3.05) is 5.32 Å². The summed E-state index contributed by atoms with van der Waals surface area (Å²) in [6.45, 7) is 5.57. The van der Waals surface area contributed by atoms with Crippen molar-refractivity contribution >= 4 is 11.6 Å². The number of hydrogen-bond acceptors (Lipinski definition) is 5. The fraction of sp³-hybridized carbons (Fsp3) is 0.263. The van der Waals surface area contributed by atoms with E-state index in [4.69, 9.17) is 4.52 Å². The maximum atomic E-state index is 13.0. The van der Waals surface area contributed by atoms with Gasteiger partial charge in [0.2, 0.25) is 5.91 Å². The second-order valence-electron chi connectivity index (χ2n) is 7.06. The van der Waals surface area contributed by atoms with Gasteiger partial charge in [-0.1, -0.05) is 32.0 Å². The zero-order chi connectivity index (χ0) is 19.6. The van der Waals surface area contributed by atoms with Crippen LogP contribution in [-0.4, -0.2) is 20.6 Å². The first kappa shape index (κ1) is 18.5. The van der Waals surface area contributed by atoms with Gasteiger partial charge in [-0.15, -0.1) is 0 Å². The number of anilines is 1.